The number of amides is 1. The number of nitrogens with one attached hydrogen (secondary N) is 2. The molecule has 13 heteroatoms. The van der Waals surface area contributed by atoms with E-state index in [0.29, 0.717) is 34.8 Å². The zero-order valence-electron chi connectivity index (χ0n) is 20.4. The van der Waals surface area contributed by atoms with Crippen LogP contribution < -0.4 is 25.7 Å². The van der Waals surface area contributed by atoms with Gasteiger partial charge in [-0.2, -0.15) is 13.2 Å². The molecular formula is C25H24Cl2F4N4O3. The maximum Gasteiger partial charge on any atom is 0.406 e. The lowest BCUT2D eigenvalue weighted by Gasteiger charge is -2.35. The summed E-state index contributed by atoms with van der Waals surface area (Å²) in [6.45, 7) is 1.50. The van der Waals surface area contributed by atoms with Gasteiger partial charge in [-0.15, -0.1) is 0 Å². The molecule has 0 spiro atoms. The molecule has 204 valence electrons. The summed E-state index contributed by atoms with van der Waals surface area (Å²) in [5.74, 6) is -2.00. The van der Waals surface area contributed by atoms with Gasteiger partial charge in [-0.1, -0.05) is 29.3 Å². The Hall–Kier alpha value is -3.02. The second-order valence-electron chi connectivity index (χ2n) is 8.97. The van der Waals surface area contributed by atoms with Gasteiger partial charge in [0, 0.05) is 48.5 Å². The van der Waals surface area contributed by atoms with Crippen LogP contribution in [-0.2, 0) is 13.1 Å². The van der Waals surface area contributed by atoms with Gasteiger partial charge in [-0.05, 0) is 30.7 Å². The molecule has 2 N–H and O–H groups in total. The number of aromatic nitrogens is 1. The Kier molecular flexibility index (Phi) is 8.10. The first-order valence-corrected chi connectivity index (χ1v) is 12.4. The van der Waals surface area contributed by atoms with Gasteiger partial charge in [0.1, 0.15) is 17.8 Å². The minimum Gasteiger partial charge on any atom is -0.492 e. The first-order valence-electron chi connectivity index (χ1n) is 11.6. The van der Waals surface area contributed by atoms with Crippen molar-refractivity contribution in [1.82, 2.24) is 15.2 Å². The molecule has 0 unspecified atom stereocenters. The first-order chi connectivity index (χ1) is 17.9. The Morgan fingerprint density at radius 2 is 2.00 bits per heavy atom. The number of methoxy groups -OCH3 is 1. The van der Waals surface area contributed by atoms with Crippen molar-refractivity contribution in [3.05, 3.63) is 67.7 Å². The number of hydrogen-bond donors (Lipinski definition) is 2. The highest BCUT2D eigenvalue weighted by molar-refractivity contribution is 6.35. The molecule has 1 fully saturated rings. The van der Waals surface area contributed by atoms with Gasteiger partial charge in [-0.25, -0.2) is 4.39 Å². The Morgan fingerprint density at radius 1 is 1.26 bits per heavy atom. The zero-order chi connectivity index (χ0) is 27.8. The van der Waals surface area contributed by atoms with Crippen molar-refractivity contribution in [3.8, 4) is 5.75 Å². The maximum absolute atomic E-state index is 15.5. The number of carbonyl (C=O) groups is 1. The monoisotopic (exact) mass is 574 g/mol. The molecule has 1 aromatic heterocycles. The normalized spacial score (nSPS) is 16.1. The SMILES string of the molecule is COc1c(N2CCN[C@H](C)C2)c(F)cc2c(=O)c(C(=O)NCc3ccc(Cl)cc3Cl)cn(CC(F)(F)F)c12. The van der Waals surface area contributed by atoms with E-state index in [0.717, 1.165) is 12.3 Å². The molecule has 7 nitrogen and oxygen atoms in total. The van der Waals surface area contributed by atoms with Gasteiger partial charge < -0.3 is 24.8 Å². The van der Waals surface area contributed by atoms with E-state index in [4.69, 9.17) is 27.9 Å². The molecule has 0 radical (unpaired) electrons. The number of benzene rings is 2. The number of rotatable bonds is 6. The van der Waals surface area contributed by atoms with Gasteiger partial charge in [0.15, 0.2) is 11.6 Å². The van der Waals surface area contributed by atoms with E-state index >= 15 is 4.39 Å². The van der Waals surface area contributed by atoms with E-state index in [-0.39, 0.29) is 34.6 Å². The second-order valence-corrected chi connectivity index (χ2v) is 9.81. The fourth-order valence-electron chi connectivity index (χ4n) is 4.53. The third-order valence-corrected chi connectivity index (χ3v) is 6.77. The van der Waals surface area contributed by atoms with Crippen molar-refractivity contribution in [3.63, 3.8) is 0 Å². The minimum atomic E-state index is -4.71. The van der Waals surface area contributed by atoms with Gasteiger partial charge in [0.2, 0.25) is 5.43 Å². The average Bonchev–Trinajstić information content (AvgIpc) is 2.83. The van der Waals surface area contributed by atoms with Crippen LogP contribution in [0.15, 0.2) is 35.3 Å². The standard InChI is InChI=1S/C25H24Cl2F4N4O3/c1-13-10-34(6-5-32-13)21-19(28)8-16-20(23(21)38-2)35(12-25(29,30)31)11-17(22(16)36)24(37)33-9-14-3-4-15(26)7-18(14)27/h3-4,7-8,11,13,32H,5-6,9-10,12H2,1-2H3,(H,33,37)/t13-/m1/s1. The predicted molar refractivity (Wildman–Crippen MR) is 138 cm³/mol. The molecule has 3 aromatic rings. The summed E-state index contributed by atoms with van der Waals surface area (Å²) in [4.78, 5) is 27.9. The molecule has 2 heterocycles. The molecule has 1 saturated heterocycles. The highest BCUT2D eigenvalue weighted by Crippen LogP contribution is 2.39. The van der Waals surface area contributed by atoms with Crippen LogP contribution in [-0.4, -0.2) is 49.4 Å². The number of alkyl halides is 3. The number of halogens is 6. The van der Waals surface area contributed by atoms with Gasteiger partial charge >= 0.3 is 6.18 Å². The van der Waals surface area contributed by atoms with Gasteiger partial charge in [-0.3, -0.25) is 9.59 Å². The summed E-state index contributed by atoms with van der Waals surface area (Å²) in [6, 6.07) is 5.42. The topological polar surface area (TPSA) is 75.6 Å². The largest absolute Gasteiger partial charge is 0.492 e. The molecule has 38 heavy (non-hydrogen) atoms. The van der Waals surface area contributed by atoms with Crippen LogP contribution >= 0.6 is 23.2 Å². The number of nitrogens with zero attached hydrogens (tertiary/aromatic N) is 2. The lowest BCUT2D eigenvalue weighted by molar-refractivity contribution is -0.140. The number of anilines is 1. The molecule has 0 aliphatic carbocycles. The van der Waals surface area contributed by atoms with Crippen LogP contribution in [0.3, 0.4) is 0 Å². The highest BCUT2D eigenvalue weighted by atomic mass is 35.5. The van der Waals surface area contributed by atoms with Crippen molar-refractivity contribution in [2.75, 3.05) is 31.6 Å². The Bertz CT molecular complexity index is 1450. The summed E-state index contributed by atoms with van der Waals surface area (Å²) >= 11 is 12.0. The smallest absolute Gasteiger partial charge is 0.406 e. The summed E-state index contributed by atoms with van der Waals surface area (Å²) in [6.07, 6.45) is -3.89. The Labute approximate surface area is 225 Å². The van der Waals surface area contributed by atoms with Crippen molar-refractivity contribution >= 4 is 45.7 Å². The zero-order valence-corrected chi connectivity index (χ0v) is 21.9. The van der Waals surface area contributed by atoms with Crippen LogP contribution in [0.2, 0.25) is 10.0 Å². The molecule has 0 bridgehead atoms. The van der Waals surface area contributed by atoms with Crippen LogP contribution in [0.5, 0.6) is 5.75 Å². The lowest BCUT2D eigenvalue weighted by atomic mass is 10.1. The third-order valence-electron chi connectivity index (χ3n) is 6.18. The molecule has 0 saturated carbocycles. The molecule has 4 rings (SSSR count). The maximum atomic E-state index is 15.5. The second kappa shape index (κ2) is 11.0. The van der Waals surface area contributed by atoms with E-state index in [1.807, 2.05) is 6.92 Å². The number of carbonyl (C=O) groups excluding carboxylic acids is 1. The van der Waals surface area contributed by atoms with Crippen molar-refractivity contribution in [1.29, 1.82) is 0 Å². The summed E-state index contributed by atoms with van der Waals surface area (Å²) in [5, 5.41) is 5.91. The van der Waals surface area contributed by atoms with Crippen LogP contribution in [0.1, 0.15) is 22.8 Å². The molecule has 1 atom stereocenters. The third kappa shape index (κ3) is 5.84. The van der Waals surface area contributed by atoms with E-state index in [1.165, 1.54) is 13.2 Å². The van der Waals surface area contributed by atoms with Crippen molar-refractivity contribution < 1.29 is 27.1 Å². The molecular weight excluding hydrogens is 551 g/mol. The molecule has 1 aliphatic rings. The van der Waals surface area contributed by atoms with Gasteiger partial charge in [0.05, 0.1) is 18.0 Å². The molecule has 1 aliphatic heterocycles. The van der Waals surface area contributed by atoms with E-state index < -0.39 is 40.8 Å². The number of piperazine rings is 1. The summed E-state index contributed by atoms with van der Waals surface area (Å²) < 4.78 is 62.4. The summed E-state index contributed by atoms with van der Waals surface area (Å²) in [5.41, 5.74) is -1.34. The van der Waals surface area contributed by atoms with Crippen molar-refractivity contribution in [2.45, 2.75) is 32.2 Å². The van der Waals surface area contributed by atoms with Crippen LogP contribution in [0.4, 0.5) is 23.2 Å². The highest BCUT2D eigenvalue weighted by Gasteiger charge is 2.32. The fourth-order valence-corrected chi connectivity index (χ4v) is 5.00. The molecule has 2 aromatic carbocycles. The van der Waals surface area contributed by atoms with Gasteiger partial charge in [0.25, 0.3) is 5.91 Å². The number of ether oxygens (including phenoxy) is 1. The lowest BCUT2D eigenvalue weighted by Crippen LogP contribution is -2.49. The van der Waals surface area contributed by atoms with E-state index in [9.17, 15) is 22.8 Å². The summed E-state index contributed by atoms with van der Waals surface area (Å²) in [7, 11) is 1.20. The predicted octanol–water partition coefficient (Wildman–Crippen LogP) is 4.75. The average molecular weight is 575 g/mol. The van der Waals surface area contributed by atoms with E-state index in [2.05, 4.69) is 10.6 Å². The van der Waals surface area contributed by atoms with Crippen LogP contribution in [0, 0.1) is 5.82 Å². The molecule has 1 amide bonds. The first kappa shape index (κ1) is 28.0. The van der Waals surface area contributed by atoms with E-state index in [1.54, 1.807) is 17.0 Å². The number of pyridine rings is 1. The number of hydrogen-bond acceptors (Lipinski definition) is 5. The van der Waals surface area contributed by atoms with Crippen molar-refractivity contribution in [2.24, 2.45) is 0 Å². The Balaban J connectivity index is 1.84. The Morgan fingerprint density at radius 3 is 2.63 bits per heavy atom. The number of fused-ring (bicyclic) bond motifs is 1. The quantitative estimate of drug-likeness (QED) is 0.416. The fraction of sp³-hybridized carbons (Fsp3) is 0.360. The minimum absolute atomic E-state index is 0.0128. The van der Waals surface area contributed by atoms with Crippen LogP contribution in [0.25, 0.3) is 10.9 Å².